The van der Waals surface area contributed by atoms with Crippen molar-refractivity contribution in [3.8, 4) is 0 Å². The summed E-state index contributed by atoms with van der Waals surface area (Å²) in [5.74, 6) is -0.161. The minimum Gasteiger partial charge on any atom is -0.354 e. The van der Waals surface area contributed by atoms with Crippen LogP contribution in [0.25, 0.3) is 10.9 Å². The molecule has 0 spiro atoms. The summed E-state index contributed by atoms with van der Waals surface area (Å²) >= 11 is 3.37. The van der Waals surface area contributed by atoms with Gasteiger partial charge < -0.3 is 5.32 Å². The van der Waals surface area contributed by atoms with E-state index in [4.69, 9.17) is 0 Å². The standard InChI is InChI=1S/C9H8BrN3O/c1-11-9(14)8-5-3-2-4-6(10)7(5)12-13-8/h2-4H,1H3,(H,11,14)(H,12,13). The SMILES string of the molecule is CNC(=O)c1[nH]nc2c(Br)cccc12. The Morgan fingerprint density at radius 2 is 2.36 bits per heavy atom. The molecule has 72 valence electrons. The number of nitrogens with one attached hydrogen (secondary N) is 2. The summed E-state index contributed by atoms with van der Waals surface area (Å²) in [6.45, 7) is 0. The summed E-state index contributed by atoms with van der Waals surface area (Å²) in [6, 6.07) is 5.61. The summed E-state index contributed by atoms with van der Waals surface area (Å²) in [5.41, 5.74) is 1.26. The van der Waals surface area contributed by atoms with Crippen molar-refractivity contribution >= 4 is 32.7 Å². The molecule has 1 heterocycles. The Morgan fingerprint density at radius 1 is 1.57 bits per heavy atom. The first kappa shape index (κ1) is 9.21. The number of rotatable bonds is 1. The number of nitrogens with zero attached hydrogens (tertiary/aromatic N) is 1. The molecular formula is C9H8BrN3O. The van der Waals surface area contributed by atoms with Crippen LogP contribution in [0.4, 0.5) is 0 Å². The van der Waals surface area contributed by atoms with Gasteiger partial charge in [-0.3, -0.25) is 9.89 Å². The Labute approximate surface area is 88.8 Å². The summed E-state index contributed by atoms with van der Waals surface area (Å²) in [6.07, 6.45) is 0. The molecule has 1 amide bonds. The van der Waals surface area contributed by atoms with Crippen LogP contribution in [0.3, 0.4) is 0 Å². The van der Waals surface area contributed by atoms with E-state index in [9.17, 15) is 4.79 Å². The Hall–Kier alpha value is -1.36. The van der Waals surface area contributed by atoms with E-state index in [2.05, 4.69) is 31.4 Å². The van der Waals surface area contributed by atoms with Gasteiger partial charge in [0.05, 0.1) is 0 Å². The molecule has 14 heavy (non-hydrogen) atoms. The van der Waals surface area contributed by atoms with Gasteiger partial charge in [-0.1, -0.05) is 12.1 Å². The van der Waals surface area contributed by atoms with Crippen LogP contribution >= 0.6 is 15.9 Å². The van der Waals surface area contributed by atoms with E-state index in [-0.39, 0.29) is 5.91 Å². The highest BCUT2D eigenvalue weighted by molar-refractivity contribution is 9.10. The lowest BCUT2D eigenvalue weighted by Crippen LogP contribution is -2.18. The molecule has 0 aliphatic carbocycles. The summed E-state index contributed by atoms with van der Waals surface area (Å²) < 4.78 is 0.876. The fourth-order valence-electron chi connectivity index (χ4n) is 1.30. The molecule has 0 bridgehead atoms. The molecule has 0 fully saturated rings. The van der Waals surface area contributed by atoms with Gasteiger partial charge in [-0.25, -0.2) is 0 Å². The van der Waals surface area contributed by atoms with E-state index < -0.39 is 0 Å². The van der Waals surface area contributed by atoms with Gasteiger partial charge in [-0.15, -0.1) is 0 Å². The molecule has 2 N–H and O–H groups in total. The Morgan fingerprint density at radius 3 is 3.07 bits per heavy atom. The van der Waals surface area contributed by atoms with Crippen molar-refractivity contribution in [3.05, 3.63) is 28.4 Å². The van der Waals surface area contributed by atoms with Gasteiger partial charge in [0.25, 0.3) is 5.91 Å². The normalized spacial score (nSPS) is 10.4. The lowest BCUT2D eigenvalue weighted by Gasteiger charge is -1.95. The van der Waals surface area contributed by atoms with E-state index in [1.54, 1.807) is 7.05 Å². The summed E-state index contributed by atoms with van der Waals surface area (Å²) in [7, 11) is 1.59. The van der Waals surface area contributed by atoms with E-state index in [1.165, 1.54) is 0 Å². The number of carbonyl (C=O) groups excluding carboxylic acids is 1. The predicted octanol–water partition coefficient (Wildman–Crippen LogP) is 1.68. The molecule has 0 saturated heterocycles. The number of aromatic nitrogens is 2. The van der Waals surface area contributed by atoms with E-state index >= 15 is 0 Å². The number of hydrogen-bond donors (Lipinski definition) is 2. The van der Waals surface area contributed by atoms with Crippen LogP contribution in [-0.2, 0) is 0 Å². The topological polar surface area (TPSA) is 57.8 Å². The highest BCUT2D eigenvalue weighted by atomic mass is 79.9. The van der Waals surface area contributed by atoms with E-state index in [1.807, 2.05) is 18.2 Å². The fourth-order valence-corrected chi connectivity index (χ4v) is 1.76. The molecule has 0 aliphatic rings. The largest absolute Gasteiger partial charge is 0.354 e. The van der Waals surface area contributed by atoms with Crippen molar-refractivity contribution in [2.45, 2.75) is 0 Å². The zero-order valence-electron chi connectivity index (χ0n) is 7.47. The number of hydrogen-bond acceptors (Lipinski definition) is 2. The van der Waals surface area contributed by atoms with Crippen LogP contribution < -0.4 is 5.32 Å². The van der Waals surface area contributed by atoms with Crippen molar-refractivity contribution in [1.29, 1.82) is 0 Å². The number of fused-ring (bicyclic) bond motifs is 1. The molecule has 0 atom stereocenters. The van der Waals surface area contributed by atoms with Crippen molar-refractivity contribution in [3.63, 3.8) is 0 Å². The molecular weight excluding hydrogens is 246 g/mol. The van der Waals surface area contributed by atoms with Crippen LogP contribution in [-0.4, -0.2) is 23.2 Å². The monoisotopic (exact) mass is 253 g/mol. The second-order valence-corrected chi connectivity index (χ2v) is 3.67. The molecule has 0 unspecified atom stereocenters. The molecule has 1 aromatic carbocycles. The van der Waals surface area contributed by atoms with E-state index in [0.717, 1.165) is 15.4 Å². The van der Waals surface area contributed by atoms with Crippen LogP contribution in [0.5, 0.6) is 0 Å². The third-order valence-corrected chi connectivity index (χ3v) is 2.63. The van der Waals surface area contributed by atoms with Crippen molar-refractivity contribution in [2.24, 2.45) is 0 Å². The molecule has 2 aromatic rings. The fraction of sp³-hybridized carbons (Fsp3) is 0.111. The smallest absolute Gasteiger partial charge is 0.269 e. The quantitative estimate of drug-likeness (QED) is 0.813. The first-order valence-corrected chi connectivity index (χ1v) is 4.88. The van der Waals surface area contributed by atoms with Gasteiger partial charge in [0, 0.05) is 16.9 Å². The van der Waals surface area contributed by atoms with Gasteiger partial charge in [-0.2, -0.15) is 5.10 Å². The summed E-state index contributed by atoms with van der Waals surface area (Å²) in [4.78, 5) is 11.4. The molecule has 2 rings (SSSR count). The average Bonchev–Trinajstić information content (AvgIpc) is 2.62. The van der Waals surface area contributed by atoms with Crippen molar-refractivity contribution in [2.75, 3.05) is 7.05 Å². The number of benzene rings is 1. The van der Waals surface area contributed by atoms with Crippen LogP contribution in [0.2, 0.25) is 0 Å². The lowest BCUT2D eigenvalue weighted by molar-refractivity contribution is 0.0959. The minimum atomic E-state index is -0.161. The maximum atomic E-state index is 11.4. The maximum absolute atomic E-state index is 11.4. The zero-order chi connectivity index (χ0) is 10.1. The molecule has 4 nitrogen and oxygen atoms in total. The molecule has 5 heteroatoms. The van der Waals surface area contributed by atoms with Crippen LogP contribution in [0.1, 0.15) is 10.5 Å². The molecule has 0 saturated carbocycles. The molecule has 0 aliphatic heterocycles. The Balaban J connectivity index is 2.70. The van der Waals surface area contributed by atoms with Gasteiger partial charge in [0.15, 0.2) is 0 Å². The highest BCUT2D eigenvalue weighted by Gasteiger charge is 2.12. The number of carbonyl (C=O) groups is 1. The maximum Gasteiger partial charge on any atom is 0.269 e. The number of halogens is 1. The van der Waals surface area contributed by atoms with Crippen molar-refractivity contribution in [1.82, 2.24) is 15.5 Å². The van der Waals surface area contributed by atoms with Gasteiger partial charge in [0.2, 0.25) is 0 Å². The van der Waals surface area contributed by atoms with Crippen LogP contribution in [0.15, 0.2) is 22.7 Å². The van der Waals surface area contributed by atoms with Gasteiger partial charge >= 0.3 is 0 Å². The number of para-hydroxylation sites is 1. The first-order chi connectivity index (χ1) is 6.74. The number of amides is 1. The van der Waals surface area contributed by atoms with E-state index in [0.29, 0.717) is 5.69 Å². The van der Waals surface area contributed by atoms with Crippen LogP contribution in [0, 0.1) is 0 Å². The number of aromatic amines is 1. The van der Waals surface area contributed by atoms with Gasteiger partial charge in [-0.05, 0) is 22.0 Å². The third-order valence-electron chi connectivity index (χ3n) is 1.99. The predicted molar refractivity (Wildman–Crippen MR) is 57.2 cm³/mol. The zero-order valence-corrected chi connectivity index (χ0v) is 9.05. The highest BCUT2D eigenvalue weighted by Crippen LogP contribution is 2.23. The summed E-state index contributed by atoms with van der Waals surface area (Å²) in [5, 5.41) is 10.1. The third kappa shape index (κ3) is 1.29. The minimum absolute atomic E-state index is 0.161. The number of H-pyrrole nitrogens is 1. The Bertz CT molecular complexity index is 492. The Kier molecular flexibility index (Phi) is 2.25. The molecule has 0 radical (unpaired) electrons. The second kappa shape index (κ2) is 3.42. The second-order valence-electron chi connectivity index (χ2n) is 2.81. The van der Waals surface area contributed by atoms with Gasteiger partial charge in [0.1, 0.15) is 11.2 Å². The average molecular weight is 254 g/mol. The van der Waals surface area contributed by atoms with Crippen molar-refractivity contribution < 1.29 is 4.79 Å². The molecule has 1 aromatic heterocycles. The first-order valence-electron chi connectivity index (χ1n) is 4.08. The lowest BCUT2D eigenvalue weighted by atomic mass is 10.2.